The number of hydrogen-bond donors (Lipinski definition) is 1. The van der Waals surface area contributed by atoms with Crippen molar-refractivity contribution in [3.05, 3.63) is 18.2 Å². The fourth-order valence-electron chi connectivity index (χ4n) is 4.90. The number of likely N-dealkylation sites (tertiary alicyclic amines) is 1. The second kappa shape index (κ2) is 11.6. The zero-order valence-corrected chi connectivity index (χ0v) is 20.5. The molecule has 1 atom stereocenters. The minimum Gasteiger partial charge on any atom is -0.475 e. The van der Waals surface area contributed by atoms with Crippen LogP contribution in [0.5, 0.6) is 0 Å². The fraction of sp³-hybridized carbons (Fsp3) is 0.739. The van der Waals surface area contributed by atoms with Gasteiger partial charge in [-0.3, -0.25) is 9.59 Å². The van der Waals surface area contributed by atoms with Crippen LogP contribution in [0.15, 0.2) is 12.4 Å². The van der Waals surface area contributed by atoms with E-state index >= 15 is 0 Å². The van der Waals surface area contributed by atoms with E-state index < -0.39 is 23.9 Å². The van der Waals surface area contributed by atoms with Crippen LogP contribution in [0.2, 0.25) is 0 Å². The van der Waals surface area contributed by atoms with Gasteiger partial charge in [-0.2, -0.15) is 13.2 Å². The maximum Gasteiger partial charge on any atom is 0.490 e. The average molecular weight is 519 g/mol. The topological polar surface area (TPSA) is 114 Å². The number of hydrogen-bond acceptors (Lipinski definition) is 6. The highest BCUT2D eigenvalue weighted by Gasteiger charge is 2.48. The number of alkyl halides is 3. The molecular formula is C23H33F3N4O6. The van der Waals surface area contributed by atoms with Crippen LogP contribution in [0.25, 0.3) is 0 Å². The molecule has 0 aliphatic carbocycles. The van der Waals surface area contributed by atoms with Crippen molar-refractivity contribution >= 4 is 17.8 Å². The fourth-order valence-corrected chi connectivity index (χ4v) is 4.90. The summed E-state index contributed by atoms with van der Waals surface area (Å²) in [4.78, 5) is 43.1. The number of carboxylic acid groups (broad SMARTS) is 1. The lowest BCUT2D eigenvalue weighted by Gasteiger charge is -2.46. The van der Waals surface area contributed by atoms with Crippen molar-refractivity contribution in [1.82, 2.24) is 19.4 Å². The van der Waals surface area contributed by atoms with Gasteiger partial charge in [-0.15, -0.1) is 0 Å². The number of imidazole rings is 1. The molecule has 1 aromatic heterocycles. The lowest BCUT2D eigenvalue weighted by molar-refractivity contribution is -0.192. The summed E-state index contributed by atoms with van der Waals surface area (Å²) in [5.74, 6) is -1.52. The Hall–Kier alpha value is -2.67. The van der Waals surface area contributed by atoms with Gasteiger partial charge in [0, 0.05) is 70.5 Å². The molecule has 3 aliphatic rings. The second-order valence-corrected chi connectivity index (χ2v) is 9.03. The van der Waals surface area contributed by atoms with E-state index in [4.69, 9.17) is 19.4 Å². The molecule has 2 fully saturated rings. The van der Waals surface area contributed by atoms with Crippen LogP contribution >= 0.6 is 0 Å². The minimum atomic E-state index is -5.08. The van der Waals surface area contributed by atoms with Gasteiger partial charge in [-0.05, 0) is 26.7 Å². The Morgan fingerprint density at radius 2 is 1.75 bits per heavy atom. The lowest BCUT2D eigenvalue weighted by Crippen LogP contribution is -2.55. The van der Waals surface area contributed by atoms with E-state index in [1.54, 1.807) is 6.20 Å². The van der Waals surface area contributed by atoms with Crippen molar-refractivity contribution in [2.75, 3.05) is 39.4 Å². The standard InChI is InChI=1S/C21H32N4O4.C2HF3O2/c1-3-23(4-2)19(27)17-15-25-12-9-22-20(25)21(29-17)7-10-24(11-8-21)18(26)16-5-13-28-14-6-16;3-2(4,5)1(6)7/h9,12,16-17H,3-8,10-11,13-15H2,1-2H3;(H,6,7). The number of piperidine rings is 1. The number of aromatic nitrogens is 2. The first kappa shape index (κ1) is 27.9. The molecular weight excluding hydrogens is 485 g/mol. The summed E-state index contributed by atoms with van der Waals surface area (Å²) in [5, 5.41) is 7.12. The number of likely N-dealkylation sites (N-methyl/N-ethyl adjacent to an activating group) is 1. The number of halogens is 3. The van der Waals surface area contributed by atoms with Gasteiger partial charge >= 0.3 is 12.1 Å². The van der Waals surface area contributed by atoms with E-state index in [0.29, 0.717) is 58.8 Å². The number of carbonyl (C=O) groups excluding carboxylic acids is 2. The Balaban J connectivity index is 0.000000454. The smallest absolute Gasteiger partial charge is 0.475 e. The second-order valence-electron chi connectivity index (χ2n) is 9.03. The van der Waals surface area contributed by atoms with Gasteiger partial charge in [0.2, 0.25) is 5.91 Å². The largest absolute Gasteiger partial charge is 0.490 e. The molecule has 4 heterocycles. The Morgan fingerprint density at radius 1 is 1.17 bits per heavy atom. The number of aliphatic carboxylic acids is 1. The quantitative estimate of drug-likeness (QED) is 0.649. The maximum absolute atomic E-state index is 13.0. The van der Waals surface area contributed by atoms with E-state index in [1.807, 2.05) is 29.8 Å². The highest BCUT2D eigenvalue weighted by Crippen LogP contribution is 2.40. The van der Waals surface area contributed by atoms with E-state index in [2.05, 4.69) is 9.55 Å². The Bertz CT molecular complexity index is 919. The average Bonchev–Trinajstić information content (AvgIpc) is 3.35. The van der Waals surface area contributed by atoms with Crippen LogP contribution in [-0.4, -0.2) is 93.9 Å². The van der Waals surface area contributed by atoms with E-state index in [-0.39, 0.29) is 17.7 Å². The monoisotopic (exact) mass is 518 g/mol. The molecule has 1 aromatic rings. The Morgan fingerprint density at radius 3 is 2.28 bits per heavy atom. The molecule has 202 valence electrons. The number of carboxylic acids is 1. The van der Waals surface area contributed by atoms with E-state index in [0.717, 1.165) is 18.7 Å². The molecule has 13 heteroatoms. The predicted molar refractivity (Wildman–Crippen MR) is 120 cm³/mol. The normalized spacial score (nSPS) is 21.8. The van der Waals surface area contributed by atoms with E-state index in [1.165, 1.54) is 0 Å². The SMILES string of the molecule is CCN(CC)C(=O)C1Cn2ccnc2C2(CCN(C(=O)C3CCOCC3)CC2)O1.O=C(O)C(F)(F)F. The van der Waals surface area contributed by atoms with Gasteiger partial charge in [-0.1, -0.05) is 0 Å². The zero-order valence-electron chi connectivity index (χ0n) is 20.5. The molecule has 1 unspecified atom stereocenters. The number of amides is 2. The van der Waals surface area contributed by atoms with Crippen LogP contribution in [0.4, 0.5) is 13.2 Å². The molecule has 36 heavy (non-hydrogen) atoms. The van der Waals surface area contributed by atoms with Gasteiger partial charge in [0.25, 0.3) is 5.91 Å². The number of carbonyl (C=O) groups is 3. The molecule has 0 aromatic carbocycles. The number of fused-ring (bicyclic) bond motifs is 2. The summed E-state index contributed by atoms with van der Waals surface area (Å²) in [6.45, 7) is 8.43. The predicted octanol–water partition coefficient (Wildman–Crippen LogP) is 2.03. The number of nitrogens with zero attached hydrogens (tertiary/aromatic N) is 4. The molecule has 1 N–H and O–H groups in total. The molecule has 0 radical (unpaired) electrons. The lowest BCUT2D eigenvalue weighted by atomic mass is 9.87. The number of rotatable bonds is 4. The summed E-state index contributed by atoms with van der Waals surface area (Å²) in [5.41, 5.74) is -0.596. The van der Waals surface area contributed by atoms with Gasteiger partial charge in [0.15, 0.2) is 6.10 Å². The first-order valence-corrected chi connectivity index (χ1v) is 12.2. The molecule has 2 saturated heterocycles. The van der Waals surface area contributed by atoms with Gasteiger partial charge < -0.3 is 28.9 Å². The Kier molecular flexibility index (Phi) is 8.98. The van der Waals surface area contributed by atoms with Crippen molar-refractivity contribution < 1.29 is 42.1 Å². The van der Waals surface area contributed by atoms with Crippen LogP contribution in [0, 0.1) is 5.92 Å². The van der Waals surface area contributed by atoms with Crippen molar-refractivity contribution in [1.29, 1.82) is 0 Å². The summed E-state index contributed by atoms with van der Waals surface area (Å²) in [6, 6.07) is 0. The first-order valence-electron chi connectivity index (χ1n) is 12.2. The third-order valence-corrected chi connectivity index (χ3v) is 6.90. The number of ether oxygens (including phenoxy) is 2. The molecule has 0 saturated carbocycles. The van der Waals surface area contributed by atoms with Crippen LogP contribution in [0.1, 0.15) is 45.4 Å². The third-order valence-electron chi connectivity index (χ3n) is 6.90. The molecule has 1 spiro atoms. The molecule has 4 rings (SSSR count). The van der Waals surface area contributed by atoms with Gasteiger partial charge in [0.05, 0.1) is 6.54 Å². The molecule has 0 bridgehead atoms. The molecule has 10 nitrogen and oxygen atoms in total. The highest BCUT2D eigenvalue weighted by molar-refractivity contribution is 5.81. The van der Waals surface area contributed by atoms with Gasteiger partial charge in [-0.25, -0.2) is 9.78 Å². The first-order chi connectivity index (χ1) is 17.0. The van der Waals surface area contributed by atoms with Crippen molar-refractivity contribution in [3.8, 4) is 0 Å². The molecule has 3 aliphatic heterocycles. The zero-order chi connectivity index (χ0) is 26.5. The minimum absolute atomic E-state index is 0.0365. The summed E-state index contributed by atoms with van der Waals surface area (Å²) >= 11 is 0. The summed E-state index contributed by atoms with van der Waals surface area (Å²) < 4.78 is 45.7. The van der Waals surface area contributed by atoms with Crippen molar-refractivity contribution in [2.45, 2.75) is 64.0 Å². The van der Waals surface area contributed by atoms with Crippen LogP contribution < -0.4 is 0 Å². The third kappa shape index (κ3) is 6.17. The highest BCUT2D eigenvalue weighted by atomic mass is 19.4. The maximum atomic E-state index is 13.0. The van der Waals surface area contributed by atoms with E-state index in [9.17, 15) is 22.8 Å². The van der Waals surface area contributed by atoms with Gasteiger partial charge in [0.1, 0.15) is 11.4 Å². The van der Waals surface area contributed by atoms with Crippen molar-refractivity contribution in [3.63, 3.8) is 0 Å². The van der Waals surface area contributed by atoms with Crippen molar-refractivity contribution in [2.24, 2.45) is 5.92 Å². The van der Waals surface area contributed by atoms with Crippen LogP contribution in [-0.2, 0) is 36.0 Å². The Labute approximate surface area is 207 Å². The molecule has 2 amide bonds. The summed E-state index contributed by atoms with van der Waals surface area (Å²) in [6.07, 6.45) is 1.08. The van der Waals surface area contributed by atoms with Crippen LogP contribution in [0.3, 0.4) is 0 Å². The summed E-state index contributed by atoms with van der Waals surface area (Å²) in [7, 11) is 0.